The van der Waals surface area contributed by atoms with Crippen molar-refractivity contribution in [2.75, 3.05) is 0 Å². The van der Waals surface area contributed by atoms with E-state index in [1.807, 2.05) is 6.92 Å². The first-order chi connectivity index (χ1) is 10.0. The number of hydrogen-bond acceptors (Lipinski definition) is 4. The second kappa shape index (κ2) is 6.17. The first-order valence-corrected chi connectivity index (χ1v) is 6.56. The van der Waals surface area contributed by atoms with Crippen molar-refractivity contribution >= 4 is 12.0 Å². The molecule has 0 bridgehead atoms. The van der Waals surface area contributed by atoms with Gasteiger partial charge in [-0.2, -0.15) is 0 Å². The van der Waals surface area contributed by atoms with Crippen molar-refractivity contribution < 1.29 is 14.5 Å². The summed E-state index contributed by atoms with van der Waals surface area (Å²) in [4.78, 5) is 21.4. The van der Waals surface area contributed by atoms with E-state index in [1.54, 1.807) is 37.3 Å². The highest BCUT2D eigenvalue weighted by Crippen LogP contribution is 2.33. The molecule has 2 aromatic carbocycles. The average Bonchev–Trinajstić information content (AvgIpc) is 2.49. The van der Waals surface area contributed by atoms with Crippen LogP contribution in [0.3, 0.4) is 0 Å². The monoisotopic (exact) mass is 285 g/mol. The lowest BCUT2D eigenvalue weighted by atomic mass is 10.1. The summed E-state index contributed by atoms with van der Waals surface area (Å²) in [7, 11) is 0. The van der Waals surface area contributed by atoms with Crippen molar-refractivity contribution in [2.24, 2.45) is 0 Å². The van der Waals surface area contributed by atoms with Gasteiger partial charge in [0.2, 0.25) is 5.75 Å². The lowest BCUT2D eigenvalue weighted by molar-refractivity contribution is -0.385. The minimum Gasteiger partial charge on any atom is -0.450 e. The number of nitrogens with zero attached hydrogens (tertiary/aromatic N) is 1. The van der Waals surface area contributed by atoms with Crippen LogP contribution < -0.4 is 4.74 Å². The van der Waals surface area contributed by atoms with E-state index in [1.165, 1.54) is 6.07 Å². The Morgan fingerprint density at radius 3 is 2.48 bits per heavy atom. The van der Waals surface area contributed by atoms with Crippen molar-refractivity contribution in [3.63, 3.8) is 0 Å². The molecule has 108 valence electrons. The molecule has 21 heavy (non-hydrogen) atoms. The van der Waals surface area contributed by atoms with Gasteiger partial charge in [0.15, 0.2) is 0 Å². The number of carbonyl (C=O) groups excluding carboxylic acids is 1. The number of benzene rings is 2. The van der Waals surface area contributed by atoms with Crippen LogP contribution in [-0.4, -0.2) is 11.2 Å². The molecular weight excluding hydrogens is 270 g/mol. The van der Waals surface area contributed by atoms with Crippen molar-refractivity contribution in [1.82, 2.24) is 0 Å². The summed E-state index contributed by atoms with van der Waals surface area (Å²) < 4.78 is 5.64. The van der Waals surface area contributed by atoms with Gasteiger partial charge in [0.25, 0.3) is 0 Å². The molecule has 0 fully saturated rings. The average molecular weight is 285 g/mol. The van der Waals surface area contributed by atoms with Crippen molar-refractivity contribution in [3.8, 4) is 11.5 Å². The first-order valence-electron chi connectivity index (χ1n) is 6.56. The highest BCUT2D eigenvalue weighted by Gasteiger charge is 2.17. The molecule has 2 aromatic rings. The standard InChI is InChI=1S/C16H15NO4/c1-3-12-4-7-16(14(9-12)17(19)20)21-15-6-5-13(10-18)8-11(15)2/h4-10H,3H2,1-2H3. The van der Waals surface area contributed by atoms with Gasteiger partial charge in [0, 0.05) is 11.6 Å². The lowest BCUT2D eigenvalue weighted by Gasteiger charge is -2.10. The molecule has 0 unspecified atom stereocenters. The number of carbonyl (C=O) groups is 1. The van der Waals surface area contributed by atoms with E-state index in [0.29, 0.717) is 17.7 Å². The van der Waals surface area contributed by atoms with E-state index in [0.717, 1.165) is 17.4 Å². The van der Waals surface area contributed by atoms with Crippen LogP contribution >= 0.6 is 0 Å². The predicted molar refractivity (Wildman–Crippen MR) is 79.1 cm³/mol. The molecule has 0 aliphatic rings. The maximum absolute atomic E-state index is 11.1. The number of aldehydes is 1. The number of hydrogen-bond donors (Lipinski definition) is 0. The molecule has 0 saturated carbocycles. The summed E-state index contributed by atoms with van der Waals surface area (Å²) >= 11 is 0. The maximum Gasteiger partial charge on any atom is 0.311 e. The Morgan fingerprint density at radius 2 is 1.90 bits per heavy atom. The molecule has 5 heteroatoms. The molecule has 0 aromatic heterocycles. The van der Waals surface area contributed by atoms with Gasteiger partial charge in [-0.25, -0.2) is 0 Å². The molecule has 0 spiro atoms. The van der Waals surface area contributed by atoms with Crippen molar-refractivity contribution in [3.05, 3.63) is 63.2 Å². The Morgan fingerprint density at radius 1 is 1.19 bits per heavy atom. The van der Waals surface area contributed by atoms with Gasteiger partial charge in [-0.05, 0) is 48.7 Å². The summed E-state index contributed by atoms with van der Waals surface area (Å²) in [5.41, 5.74) is 2.10. The van der Waals surface area contributed by atoms with Crippen molar-refractivity contribution in [1.29, 1.82) is 0 Å². The van der Waals surface area contributed by atoms with Gasteiger partial charge < -0.3 is 4.74 Å². The van der Waals surface area contributed by atoms with Gasteiger partial charge in [-0.1, -0.05) is 13.0 Å². The van der Waals surface area contributed by atoms with Crippen LogP contribution in [-0.2, 0) is 6.42 Å². The fourth-order valence-corrected chi connectivity index (χ4v) is 1.99. The van der Waals surface area contributed by atoms with Crippen LogP contribution in [0.4, 0.5) is 5.69 Å². The minimum absolute atomic E-state index is 0.0618. The van der Waals surface area contributed by atoms with Crippen LogP contribution in [0, 0.1) is 17.0 Å². The topological polar surface area (TPSA) is 69.4 Å². The minimum atomic E-state index is -0.455. The van der Waals surface area contributed by atoms with E-state index in [-0.39, 0.29) is 11.4 Å². The Bertz CT molecular complexity index is 695. The van der Waals surface area contributed by atoms with Gasteiger partial charge in [0.1, 0.15) is 12.0 Å². The third kappa shape index (κ3) is 3.25. The summed E-state index contributed by atoms with van der Waals surface area (Å²) in [5, 5.41) is 11.1. The van der Waals surface area contributed by atoms with Crippen LogP contribution in [0.1, 0.15) is 28.4 Å². The SMILES string of the molecule is CCc1ccc(Oc2ccc(C=O)cc2C)c([N+](=O)[O-])c1. The summed E-state index contributed by atoms with van der Waals surface area (Å²) in [6, 6.07) is 9.85. The van der Waals surface area contributed by atoms with Crippen LogP contribution in [0.5, 0.6) is 11.5 Å². The number of rotatable bonds is 5. The number of nitro benzene ring substituents is 1. The zero-order valence-electron chi connectivity index (χ0n) is 11.8. The number of nitro groups is 1. The van der Waals surface area contributed by atoms with E-state index in [9.17, 15) is 14.9 Å². The largest absolute Gasteiger partial charge is 0.450 e. The zero-order valence-corrected chi connectivity index (χ0v) is 11.8. The summed E-state index contributed by atoms with van der Waals surface area (Å²) in [6.07, 6.45) is 1.46. The van der Waals surface area contributed by atoms with Crippen LogP contribution in [0.2, 0.25) is 0 Å². The van der Waals surface area contributed by atoms with Gasteiger partial charge >= 0.3 is 5.69 Å². The second-order valence-corrected chi connectivity index (χ2v) is 4.66. The van der Waals surface area contributed by atoms with E-state index in [4.69, 9.17) is 4.74 Å². The van der Waals surface area contributed by atoms with E-state index < -0.39 is 4.92 Å². The van der Waals surface area contributed by atoms with Gasteiger partial charge in [-0.15, -0.1) is 0 Å². The smallest absolute Gasteiger partial charge is 0.311 e. The van der Waals surface area contributed by atoms with Gasteiger partial charge in [0.05, 0.1) is 4.92 Å². The van der Waals surface area contributed by atoms with E-state index >= 15 is 0 Å². The number of ether oxygens (including phenoxy) is 1. The van der Waals surface area contributed by atoms with Crippen LogP contribution in [0.15, 0.2) is 36.4 Å². The Hall–Kier alpha value is -2.69. The first kappa shape index (κ1) is 14.7. The molecule has 0 aliphatic heterocycles. The molecule has 0 atom stereocenters. The Kier molecular flexibility index (Phi) is 4.33. The summed E-state index contributed by atoms with van der Waals surface area (Å²) in [6.45, 7) is 3.72. The molecule has 0 radical (unpaired) electrons. The molecule has 0 amide bonds. The predicted octanol–water partition coefficient (Wildman–Crippen LogP) is 4.07. The molecule has 0 heterocycles. The molecule has 0 saturated heterocycles. The quantitative estimate of drug-likeness (QED) is 0.471. The maximum atomic E-state index is 11.1. The normalized spacial score (nSPS) is 10.2. The number of aryl methyl sites for hydroxylation is 2. The fraction of sp³-hybridized carbons (Fsp3) is 0.188. The Labute approximate surface area is 122 Å². The van der Waals surface area contributed by atoms with Gasteiger partial charge in [-0.3, -0.25) is 14.9 Å². The fourth-order valence-electron chi connectivity index (χ4n) is 1.99. The van der Waals surface area contributed by atoms with E-state index in [2.05, 4.69) is 0 Å². The molecule has 0 aliphatic carbocycles. The molecule has 2 rings (SSSR count). The molecule has 5 nitrogen and oxygen atoms in total. The Balaban J connectivity index is 2.39. The highest BCUT2D eigenvalue weighted by molar-refractivity contribution is 5.75. The third-order valence-corrected chi connectivity index (χ3v) is 3.18. The highest BCUT2D eigenvalue weighted by atomic mass is 16.6. The second-order valence-electron chi connectivity index (χ2n) is 4.66. The van der Waals surface area contributed by atoms with Crippen LogP contribution in [0.25, 0.3) is 0 Å². The summed E-state index contributed by atoms with van der Waals surface area (Å²) in [5.74, 6) is 0.687. The van der Waals surface area contributed by atoms with Crippen molar-refractivity contribution in [2.45, 2.75) is 20.3 Å². The third-order valence-electron chi connectivity index (χ3n) is 3.18. The zero-order chi connectivity index (χ0) is 15.4. The lowest BCUT2D eigenvalue weighted by Crippen LogP contribution is -1.96. The molecular formula is C16H15NO4. The molecule has 0 N–H and O–H groups in total.